The quantitative estimate of drug-likeness (QED) is 0.701. The van der Waals surface area contributed by atoms with Crippen molar-refractivity contribution in [2.75, 3.05) is 18.1 Å². The number of benzene rings is 1. The number of anilines is 1. The average molecular weight is 337 g/mol. The van der Waals surface area contributed by atoms with Gasteiger partial charge in [0.25, 0.3) is 5.91 Å². The van der Waals surface area contributed by atoms with Crippen LogP contribution in [0.25, 0.3) is 11.0 Å². The summed E-state index contributed by atoms with van der Waals surface area (Å²) in [5, 5.41) is 0. The van der Waals surface area contributed by atoms with Gasteiger partial charge in [0.1, 0.15) is 0 Å². The van der Waals surface area contributed by atoms with E-state index in [2.05, 4.69) is 9.97 Å². The summed E-state index contributed by atoms with van der Waals surface area (Å²) in [4.78, 5) is 33.6. The van der Waals surface area contributed by atoms with E-state index in [0.29, 0.717) is 12.2 Å². The molecule has 0 saturated carbocycles. The van der Waals surface area contributed by atoms with E-state index in [1.165, 1.54) is 0 Å². The molecule has 0 atom stereocenters. The summed E-state index contributed by atoms with van der Waals surface area (Å²) in [5.41, 5.74) is 2.78. The van der Waals surface area contributed by atoms with Crippen LogP contribution in [0.3, 0.4) is 0 Å². The molecule has 3 rings (SSSR count). The molecule has 0 unspecified atom stereocenters. The van der Waals surface area contributed by atoms with E-state index in [9.17, 15) is 9.59 Å². The maximum atomic E-state index is 13.0. The highest BCUT2D eigenvalue weighted by atomic mass is 16.5. The average Bonchev–Trinajstić information content (AvgIpc) is 3.10. The van der Waals surface area contributed by atoms with Gasteiger partial charge in [-0.2, -0.15) is 0 Å². The number of fused-ring (bicyclic) bond motifs is 1. The van der Waals surface area contributed by atoms with Gasteiger partial charge in [0, 0.05) is 24.6 Å². The Morgan fingerprint density at radius 3 is 2.76 bits per heavy atom. The van der Waals surface area contributed by atoms with Crippen LogP contribution < -0.4 is 4.90 Å². The Kier molecular flexibility index (Phi) is 5.09. The van der Waals surface area contributed by atoms with Crippen LogP contribution in [0.4, 0.5) is 5.69 Å². The molecular formula is C19H19N3O3. The van der Waals surface area contributed by atoms with Crippen molar-refractivity contribution in [1.82, 2.24) is 9.97 Å². The van der Waals surface area contributed by atoms with Crippen LogP contribution in [0.2, 0.25) is 0 Å². The van der Waals surface area contributed by atoms with Crippen LogP contribution >= 0.6 is 0 Å². The number of aromatic amines is 1. The largest absolute Gasteiger partial charge is 0.466 e. The monoisotopic (exact) mass is 337 g/mol. The number of carbonyl (C=O) groups excluding carboxylic acids is 2. The highest BCUT2D eigenvalue weighted by Crippen LogP contribution is 2.19. The number of amides is 1. The third-order valence-corrected chi connectivity index (χ3v) is 3.80. The van der Waals surface area contributed by atoms with Crippen molar-refractivity contribution in [3.63, 3.8) is 0 Å². The highest BCUT2D eigenvalue weighted by molar-refractivity contribution is 6.07. The number of carbonyl (C=O) groups is 2. The number of aromatic nitrogens is 2. The summed E-state index contributed by atoms with van der Waals surface area (Å²) in [6, 6.07) is 12.9. The molecule has 1 N–H and O–H groups in total. The molecular weight excluding hydrogens is 318 g/mol. The molecule has 6 nitrogen and oxygen atoms in total. The second-order valence-electron chi connectivity index (χ2n) is 5.48. The van der Waals surface area contributed by atoms with E-state index in [1.807, 2.05) is 36.4 Å². The fourth-order valence-corrected chi connectivity index (χ4v) is 2.60. The van der Waals surface area contributed by atoms with Gasteiger partial charge in [-0.05, 0) is 31.2 Å². The zero-order chi connectivity index (χ0) is 17.6. The lowest BCUT2D eigenvalue weighted by Crippen LogP contribution is -2.33. The Balaban J connectivity index is 1.86. The van der Waals surface area contributed by atoms with Gasteiger partial charge >= 0.3 is 5.97 Å². The lowest BCUT2D eigenvalue weighted by molar-refractivity contribution is -0.142. The van der Waals surface area contributed by atoms with Crippen molar-refractivity contribution in [3.05, 3.63) is 60.4 Å². The van der Waals surface area contributed by atoms with E-state index < -0.39 is 0 Å². The zero-order valence-corrected chi connectivity index (χ0v) is 13.9. The maximum absolute atomic E-state index is 13.0. The molecule has 1 aromatic carbocycles. The molecule has 6 heteroatoms. The smallest absolute Gasteiger partial charge is 0.307 e. The van der Waals surface area contributed by atoms with Gasteiger partial charge in [-0.3, -0.25) is 14.6 Å². The minimum absolute atomic E-state index is 0.132. The number of esters is 1. The summed E-state index contributed by atoms with van der Waals surface area (Å²) in [6.07, 6.45) is 3.47. The Morgan fingerprint density at radius 2 is 2.00 bits per heavy atom. The van der Waals surface area contributed by atoms with Gasteiger partial charge in [0.05, 0.1) is 29.6 Å². The van der Waals surface area contributed by atoms with Gasteiger partial charge in [-0.15, -0.1) is 0 Å². The van der Waals surface area contributed by atoms with Gasteiger partial charge in [-0.25, -0.2) is 0 Å². The molecule has 128 valence electrons. The number of para-hydroxylation sites is 1. The van der Waals surface area contributed by atoms with Crippen LogP contribution in [-0.4, -0.2) is 35.0 Å². The predicted molar refractivity (Wildman–Crippen MR) is 95.5 cm³/mol. The first-order chi connectivity index (χ1) is 12.2. The van der Waals surface area contributed by atoms with Gasteiger partial charge in [0.15, 0.2) is 0 Å². The molecule has 2 heterocycles. The van der Waals surface area contributed by atoms with Crippen LogP contribution in [0.1, 0.15) is 23.7 Å². The number of nitrogens with one attached hydrogen (secondary N) is 1. The van der Waals surface area contributed by atoms with Crippen LogP contribution in [0.5, 0.6) is 0 Å². The van der Waals surface area contributed by atoms with E-state index in [-0.39, 0.29) is 24.8 Å². The number of rotatable bonds is 6. The molecule has 3 aromatic rings. The number of H-pyrrole nitrogens is 1. The van der Waals surface area contributed by atoms with E-state index in [0.717, 1.165) is 16.7 Å². The number of pyridine rings is 1. The number of ether oxygens (including phenoxy) is 1. The molecule has 1 amide bonds. The second kappa shape index (κ2) is 7.61. The summed E-state index contributed by atoms with van der Waals surface area (Å²) < 4.78 is 4.97. The minimum Gasteiger partial charge on any atom is -0.466 e. The van der Waals surface area contributed by atoms with Gasteiger partial charge in [0.2, 0.25) is 0 Å². The predicted octanol–water partition coefficient (Wildman–Crippen LogP) is 3.16. The molecule has 0 aliphatic rings. The summed E-state index contributed by atoms with van der Waals surface area (Å²) in [5.74, 6) is -0.534. The van der Waals surface area contributed by atoms with Gasteiger partial charge in [-0.1, -0.05) is 18.2 Å². The molecule has 25 heavy (non-hydrogen) atoms. The van der Waals surface area contributed by atoms with E-state index >= 15 is 0 Å². The Bertz CT molecular complexity index is 874. The normalized spacial score (nSPS) is 10.6. The lowest BCUT2D eigenvalue weighted by atomic mass is 10.2. The van der Waals surface area contributed by atoms with Crippen molar-refractivity contribution >= 4 is 28.6 Å². The molecule has 0 aliphatic heterocycles. The van der Waals surface area contributed by atoms with E-state index in [1.54, 1.807) is 30.3 Å². The third-order valence-electron chi connectivity index (χ3n) is 3.80. The molecule has 0 aliphatic carbocycles. The van der Waals surface area contributed by atoms with Crippen molar-refractivity contribution in [1.29, 1.82) is 0 Å². The minimum atomic E-state index is -0.325. The van der Waals surface area contributed by atoms with Gasteiger partial charge < -0.3 is 14.6 Å². The summed E-state index contributed by atoms with van der Waals surface area (Å²) >= 11 is 0. The van der Waals surface area contributed by atoms with Crippen molar-refractivity contribution in [3.8, 4) is 0 Å². The molecule has 0 radical (unpaired) electrons. The van der Waals surface area contributed by atoms with Crippen molar-refractivity contribution in [2.45, 2.75) is 13.3 Å². The Morgan fingerprint density at radius 1 is 1.20 bits per heavy atom. The fraction of sp³-hybridized carbons (Fsp3) is 0.211. The Labute approximate surface area is 145 Å². The number of hydrogen-bond acceptors (Lipinski definition) is 4. The maximum Gasteiger partial charge on any atom is 0.307 e. The molecule has 0 saturated heterocycles. The van der Waals surface area contributed by atoms with Crippen molar-refractivity contribution < 1.29 is 14.3 Å². The SMILES string of the molecule is CCOC(=O)CCN(C(=O)c1cnc2cc[nH]c2c1)c1ccccc1. The standard InChI is InChI=1S/C19H19N3O3/c1-2-25-18(23)9-11-22(15-6-4-3-5-7-15)19(24)14-12-17-16(21-13-14)8-10-20-17/h3-8,10,12-13,20H,2,9,11H2,1H3. The Hall–Kier alpha value is -3.15. The van der Waals surface area contributed by atoms with Crippen LogP contribution in [0.15, 0.2) is 54.9 Å². The summed E-state index contributed by atoms with van der Waals surface area (Å²) in [6.45, 7) is 2.32. The fourth-order valence-electron chi connectivity index (χ4n) is 2.60. The second-order valence-corrected chi connectivity index (χ2v) is 5.48. The third kappa shape index (κ3) is 3.85. The first-order valence-electron chi connectivity index (χ1n) is 8.14. The molecule has 2 aromatic heterocycles. The zero-order valence-electron chi connectivity index (χ0n) is 13.9. The van der Waals surface area contributed by atoms with Crippen LogP contribution in [0, 0.1) is 0 Å². The first kappa shape index (κ1) is 16.7. The number of nitrogens with zero attached hydrogens (tertiary/aromatic N) is 2. The van der Waals surface area contributed by atoms with Crippen LogP contribution in [-0.2, 0) is 9.53 Å². The molecule has 0 bridgehead atoms. The number of hydrogen-bond donors (Lipinski definition) is 1. The van der Waals surface area contributed by atoms with E-state index in [4.69, 9.17) is 4.74 Å². The van der Waals surface area contributed by atoms with Crippen molar-refractivity contribution in [2.24, 2.45) is 0 Å². The topological polar surface area (TPSA) is 75.3 Å². The lowest BCUT2D eigenvalue weighted by Gasteiger charge is -2.22. The molecule has 0 fully saturated rings. The molecule has 0 spiro atoms. The summed E-state index contributed by atoms with van der Waals surface area (Å²) in [7, 11) is 0. The highest BCUT2D eigenvalue weighted by Gasteiger charge is 2.20. The first-order valence-corrected chi connectivity index (χ1v) is 8.14.